The molecule has 1 aliphatic heterocycles. The molecule has 2 heterocycles. The van der Waals surface area contributed by atoms with E-state index in [1.807, 2.05) is 5.38 Å². The van der Waals surface area contributed by atoms with Crippen molar-refractivity contribution in [2.75, 3.05) is 13.2 Å². The fourth-order valence-electron chi connectivity index (χ4n) is 2.12. The van der Waals surface area contributed by atoms with Gasteiger partial charge in [0.1, 0.15) is 12.1 Å². The van der Waals surface area contributed by atoms with Crippen LogP contribution < -0.4 is 5.32 Å². The van der Waals surface area contributed by atoms with E-state index in [1.54, 1.807) is 26.0 Å². The Morgan fingerprint density at radius 1 is 1.35 bits per heavy atom. The van der Waals surface area contributed by atoms with Crippen LogP contribution in [0.25, 0.3) is 0 Å². The van der Waals surface area contributed by atoms with Gasteiger partial charge in [0.15, 0.2) is 5.78 Å². The lowest BCUT2D eigenvalue weighted by Crippen LogP contribution is -2.41. The summed E-state index contributed by atoms with van der Waals surface area (Å²) < 4.78 is 4.97. The van der Waals surface area contributed by atoms with E-state index in [4.69, 9.17) is 4.74 Å². The molecule has 1 aromatic heterocycles. The molecule has 2 rings (SSSR count). The summed E-state index contributed by atoms with van der Waals surface area (Å²) in [7, 11) is 0. The third kappa shape index (κ3) is 4.16. The molecule has 0 spiro atoms. The quantitative estimate of drug-likeness (QED) is 0.353. The van der Waals surface area contributed by atoms with Gasteiger partial charge < -0.3 is 10.1 Å². The fourth-order valence-corrected chi connectivity index (χ4v) is 2.81. The SMILES string of the molecule is CC1(C)NC(=O)N(CC(=O)OCCCC(=O)c2cccs2)C1=O. The molecule has 1 fully saturated rings. The summed E-state index contributed by atoms with van der Waals surface area (Å²) in [5, 5.41) is 4.31. The standard InChI is InChI=1S/C15H18N2O5S/c1-15(2)13(20)17(14(21)16-15)9-12(19)22-7-3-5-10(18)11-6-4-8-23-11/h4,6,8H,3,5,7,9H2,1-2H3,(H,16,21). The number of ether oxygens (including phenoxy) is 1. The predicted molar refractivity (Wildman–Crippen MR) is 83.2 cm³/mol. The number of nitrogens with zero attached hydrogens (tertiary/aromatic N) is 1. The Morgan fingerprint density at radius 3 is 2.65 bits per heavy atom. The minimum atomic E-state index is -1.01. The number of hydrogen-bond donors (Lipinski definition) is 1. The maximum absolute atomic E-state index is 11.9. The molecular weight excluding hydrogens is 320 g/mol. The van der Waals surface area contributed by atoms with E-state index >= 15 is 0 Å². The first-order valence-corrected chi connectivity index (χ1v) is 8.05. The van der Waals surface area contributed by atoms with Gasteiger partial charge in [0, 0.05) is 6.42 Å². The Kier molecular flexibility index (Phi) is 5.15. The Bertz CT molecular complexity index is 624. The van der Waals surface area contributed by atoms with Crippen molar-refractivity contribution in [2.45, 2.75) is 32.2 Å². The summed E-state index contributed by atoms with van der Waals surface area (Å²) in [6.07, 6.45) is 0.679. The maximum atomic E-state index is 11.9. The number of imide groups is 1. The van der Waals surface area contributed by atoms with Crippen LogP contribution in [0.15, 0.2) is 17.5 Å². The summed E-state index contributed by atoms with van der Waals surface area (Å²) in [6.45, 7) is 2.78. The largest absolute Gasteiger partial charge is 0.464 e. The Balaban J connectivity index is 1.71. The zero-order chi connectivity index (χ0) is 17.0. The summed E-state index contributed by atoms with van der Waals surface area (Å²) in [5.41, 5.74) is -1.01. The average molecular weight is 338 g/mol. The van der Waals surface area contributed by atoms with Crippen LogP contribution in [0.2, 0.25) is 0 Å². The van der Waals surface area contributed by atoms with Crippen LogP contribution in [0.3, 0.4) is 0 Å². The van der Waals surface area contributed by atoms with Crippen LogP contribution in [0.1, 0.15) is 36.4 Å². The molecule has 1 aromatic rings. The lowest BCUT2D eigenvalue weighted by Gasteiger charge is -2.15. The van der Waals surface area contributed by atoms with Crippen molar-refractivity contribution in [3.05, 3.63) is 22.4 Å². The van der Waals surface area contributed by atoms with Crippen LogP contribution in [0.4, 0.5) is 4.79 Å². The molecule has 8 heteroatoms. The molecule has 1 N–H and O–H groups in total. The van der Waals surface area contributed by atoms with Gasteiger partial charge in [-0.2, -0.15) is 0 Å². The van der Waals surface area contributed by atoms with Crippen LogP contribution >= 0.6 is 11.3 Å². The zero-order valence-corrected chi connectivity index (χ0v) is 13.8. The van der Waals surface area contributed by atoms with Crippen LogP contribution in [0, 0.1) is 0 Å². The number of carbonyl (C=O) groups excluding carboxylic acids is 4. The molecule has 0 radical (unpaired) electrons. The second-order valence-corrected chi connectivity index (χ2v) is 6.62. The second kappa shape index (κ2) is 6.91. The van der Waals surface area contributed by atoms with Gasteiger partial charge in [-0.1, -0.05) is 6.07 Å². The molecule has 0 aromatic carbocycles. The number of thiophene rings is 1. The van der Waals surface area contributed by atoms with Gasteiger partial charge in [-0.25, -0.2) is 4.79 Å². The summed E-state index contributed by atoms with van der Waals surface area (Å²) >= 11 is 1.37. The van der Waals surface area contributed by atoms with E-state index < -0.39 is 30.0 Å². The van der Waals surface area contributed by atoms with E-state index in [9.17, 15) is 19.2 Å². The average Bonchev–Trinajstić information content (AvgIpc) is 3.07. The van der Waals surface area contributed by atoms with Crippen molar-refractivity contribution in [3.8, 4) is 0 Å². The first kappa shape index (κ1) is 17.1. The van der Waals surface area contributed by atoms with E-state index in [0.717, 1.165) is 4.90 Å². The van der Waals surface area contributed by atoms with Crippen LogP contribution in [-0.4, -0.2) is 47.3 Å². The summed E-state index contributed by atoms with van der Waals surface area (Å²) in [6, 6.07) is 2.94. The fraction of sp³-hybridized carbons (Fsp3) is 0.467. The second-order valence-electron chi connectivity index (χ2n) is 5.67. The monoisotopic (exact) mass is 338 g/mol. The van der Waals surface area contributed by atoms with Gasteiger partial charge in [-0.15, -0.1) is 11.3 Å². The third-order valence-electron chi connectivity index (χ3n) is 3.34. The molecule has 7 nitrogen and oxygen atoms in total. The van der Waals surface area contributed by atoms with Crippen molar-refractivity contribution >= 4 is 35.0 Å². The van der Waals surface area contributed by atoms with Crippen molar-refractivity contribution in [1.82, 2.24) is 10.2 Å². The number of ketones is 1. The molecule has 124 valence electrons. The Labute approximate surface area is 137 Å². The first-order chi connectivity index (χ1) is 10.8. The van der Waals surface area contributed by atoms with E-state index in [2.05, 4.69) is 5.32 Å². The highest BCUT2D eigenvalue weighted by Crippen LogP contribution is 2.16. The molecule has 3 amide bonds. The molecule has 0 unspecified atom stereocenters. The number of esters is 1. The number of amides is 3. The van der Waals surface area contributed by atoms with Gasteiger partial charge in [0.2, 0.25) is 0 Å². The highest BCUT2D eigenvalue weighted by atomic mass is 32.1. The van der Waals surface area contributed by atoms with Gasteiger partial charge in [-0.05, 0) is 31.7 Å². The minimum Gasteiger partial charge on any atom is -0.464 e. The topological polar surface area (TPSA) is 92.8 Å². The molecule has 0 saturated carbocycles. The number of nitrogens with one attached hydrogen (secondary N) is 1. The van der Waals surface area contributed by atoms with Crippen molar-refractivity contribution in [3.63, 3.8) is 0 Å². The lowest BCUT2D eigenvalue weighted by molar-refractivity contribution is -0.147. The van der Waals surface area contributed by atoms with Gasteiger partial charge in [0.25, 0.3) is 5.91 Å². The molecule has 0 aliphatic carbocycles. The molecule has 0 atom stereocenters. The van der Waals surface area contributed by atoms with E-state index in [-0.39, 0.29) is 18.8 Å². The smallest absolute Gasteiger partial charge is 0.326 e. The number of rotatable bonds is 7. The van der Waals surface area contributed by atoms with Crippen LogP contribution in [0.5, 0.6) is 0 Å². The number of carbonyl (C=O) groups is 4. The lowest BCUT2D eigenvalue weighted by atomic mass is 10.1. The van der Waals surface area contributed by atoms with E-state index in [1.165, 1.54) is 11.3 Å². The van der Waals surface area contributed by atoms with Crippen molar-refractivity contribution in [1.29, 1.82) is 0 Å². The highest BCUT2D eigenvalue weighted by molar-refractivity contribution is 7.12. The summed E-state index contributed by atoms with van der Waals surface area (Å²) in [5.74, 6) is -1.13. The minimum absolute atomic E-state index is 0.00639. The van der Waals surface area contributed by atoms with Crippen molar-refractivity contribution < 1.29 is 23.9 Å². The first-order valence-electron chi connectivity index (χ1n) is 7.18. The van der Waals surface area contributed by atoms with Crippen LogP contribution in [-0.2, 0) is 14.3 Å². The molecule has 1 saturated heterocycles. The molecular formula is C15H18N2O5S. The number of hydrogen-bond acceptors (Lipinski definition) is 6. The van der Waals surface area contributed by atoms with Crippen molar-refractivity contribution in [2.24, 2.45) is 0 Å². The Hall–Kier alpha value is -2.22. The normalized spacial score (nSPS) is 16.3. The number of urea groups is 1. The Morgan fingerprint density at radius 2 is 2.09 bits per heavy atom. The maximum Gasteiger partial charge on any atom is 0.326 e. The van der Waals surface area contributed by atoms with E-state index in [0.29, 0.717) is 11.3 Å². The predicted octanol–water partition coefficient (Wildman–Crippen LogP) is 1.58. The molecule has 23 heavy (non-hydrogen) atoms. The molecule has 1 aliphatic rings. The summed E-state index contributed by atoms with van der Waals surface area (Å²) in [4.78, 5) is 48.5. The highest BCUT2D eigenvalue weighted by Gasteiger charge is 2.45. The molecule has 0 bridgehead atoms. The van der Waals surface area contributed by atoms with Gasteiger partial charge in [-0.3, -0.25) is 19.3 Å². The van der Waals surface area contributed by atoms with Gasteiger partial charge >= 0.3 is 12.0 Å². The van der Waals surface area contributed by atoms with Gasteiger partial charge in [0.05, 0.1) is 11.5 Å². The number of Topliss-reactive ketones (excluding diaryl/α,β-unsaturated/α-hetero) is 1. The third-order valence-corrected chi connectivity index (χ3v) is 4.25. The zero-order valence-electron chi connectivity index (χ0n) is 13.0.